The minimum atomic E-state index is -0.418. The molecule has 0 aromatic heterocycles. The van der Waals surface area contributed by atoms with E-state index in [4.69, 9.17) is 11.6 Å². The van der Waals surface area contributed by atoms with Crippen LogP contribution in [0.25, 0.3) is 0 Å². The molecule has 0 aliphatic carbocycles. The van der Waals surface area contributed by atoms with Gasteiger partial charge >= 0.3 is 0 Å². The van der Waals surface area contributed by atoms with Gasteiger partial charge in [0.25, 0.3) is 0 Å². The third kappa shape index (κ3) is 3.22. The van der Waals surface area contributed by atoms with Crippen LogP contribution in [0, 0.1) is 0 Å². The summed E-state index contributed by atoms with van der Waals surface area (Å²) in [5.41, 5.74) is 0.997. The summed E-state index contributed by atoms with van der Waals surface area (Å²) in [4.78, 5) is 13.8. The maximum absolute atomic E-state index is 12.1. The van der Waals surface area contributed by atoms with Gasteiger partial charge in [-0.1, -0.05) is 23.7 Å². The number of hydrogen-bond acceptors (Lipinski definition) is 3. The van der Waals surface area contributed by atoms with Crippen molar-refractivity contribution in [2.24, 2.45) is 0 Å². The average molecular weight is 269 g/mol. The Balaban J connectivity index is 1.95. The van der Waals surface area contributed by atoms with E-state index in [1.807, 2.05) is 24.3 Å². The number of carbonyl (C=O) groups excluding carboxylic acids is 1. The van der Waals surface area contributed by atoms with Crippen LogP contribution in [-0.2, 0) is 11.3 Å². The molecule has 1 aromatic rings. The lowest BCUT2D eigenvalue weighted by Gasteiger charge is -2.21. The molecule has 0 radical (unpaired) electrons. The fraction of sp³-hybridized carbons (Fsp3) is 0.462. The van der Waals surface area contributed by atoms with E-state index in [2.05, 4.69) is 5.32 Å². The van der Waals surface area contributed by atoms with Gasteiger partial charge in [0, 0.05) is 25.2 Å². The van der Waals surface area contributed by atoms with Gasteiger partial charge in [-0.05, 0) is 24.1 Å². The Morgan fingerprint density at radius 3 is 3.00 bits per heavy atom. The highest BCUT2D eigenvalue weighted by atomic mass is 35.5. The second-order valence-electron chi connectivity index (χ2n) is 4.67. The Labute approximate surface area is 112 Å². The Bertz CT molecular complexity index is 439. The minimum absolute atomic E-state index is 0.00604. The summed E-state index contributed by atoms with van der Waals surface area (Å²) >= 11 is 5.91. The molecule has 0 saturated carbocycles. The summed E-state index contributed by atoms with van der Waals surface area (Å²) in [5.74, 6) is 0.00604. The molecule has 1 saturated heterocycles. The molecule has 1 aromatic carbocycles. The maximum atomic E-state index is 12.1. The zero-order valence-corrected chi connectivity index (χ0v) is 11.0. The van der Waals surface area contributed by atoms with Crippen molar-refractivity contribution in [3.8, 4) is 0 Å². The Hall–Kier alpha value is -1.10. The molecule has 1 amide bonds. The van der Waals surface area contributed by atoms with Gasteiger partial charge in [0.2, 0.25) is 5.91 Å². The second kappa shape index (κ2) is 5.69. The molecule has 2 unspecified atom stereocenters. The number of nitrogens with zero attached hydrogens (tertiary/aromatic N) is 1. The number of aliphatic hydroxyl groups is 1. The number of halogens is 1. The highest BCUT2D eigenvalue weighted by molar-refractivity contribution is 6.30. The second-order valence-corrected chi connectivity index (χ2v) is 5.11. The highest BCUT2D eigenvalue weighted by Gasteiger charge is 2.29. The molecule has 1 aliphatic rings. The van der Waals surface area contributed by atoms with Crippen molar-refractivity contribution in [3.63, 3.8) is 0 Å². The summed E-state index contributed by atoms with van der Waals surface area (Å²) in [5, 5.41) is 13.1. The van der Waals surface area contributed by atoms with E-state index in [1.165, 1.54) is 0 Å². The lowest BCUT2D eigenvalue weighted by atomic mass is 10.1. The summed E-state index contributed by atoms with van der Waals surface area (Å²) in [6, 6.07) is 7.19. The van der Waals surface area contributed by atoms with E-state index >= 15 is 0 Å². The zero-order chi connectivity index (χ0) is 13.1. The molecule has 18 heavy (non-hydrogen) atoms. The van der Waals surface area contributed by atoms with Crippen molar-refractivity contribution in [3.05, 3.63) is 34.9 Å². The standard InChI is InChI=1S/C13H17ClN2O2/c1-16(8-9-3-2-4-10(14)5-9)13(18)12-6-11(17)7-15-12/h2-5,11-12,15,17H,6-8H2,1H3. The van der Waals surface area contributed by atoms with Crippen LogP contribution in [0.15, 0.2) is 24.3 Å². The molecular formula is C13H17ClN2O2. The fourth-order valence-corrected chi connectivity index (χ4v) is 2.37. The lowest BCUT2D eigenvalue weighted by Crippen LogP contribution is -2.41. The van der Waals surface area contributed by atoms with Gasteiger partial charge < -0.3 is 15.3 Å². The monoisotopic (exact) mass is 268 g/mol. The van der Waals surface area contributed by atoms with Crippen molar-refractivity contribution >= 4 is 17.5 Å². The smallest absolute Gasteiger partial charge is 0.239 e. The van der Waals surface area contributed by atoms with E-state index in [1.54, 1.807) is 11.9 Å². The minimum Gasteiger partial charge on any atom is -0.392 e. The predicted octanol–water partition coefficient (Wildman–Crippen LogP) is 1.02. The summed E-state index contributed by atoms with van der Waals surface area (Å²) in [6.45, 7) is 1.01. The quantitative estimate of drug-likeness (QED) is 0.861. The third-order valence-electron chi connectivity index (χ3n) is 3.09. The molecule has 4 nitrogen and oxygen atoms in total. The molecule has 2 N–H and O–H groups in total. The van der Waals surface area contributed by atoms with Crippen molar-refractivity contribution in [1.82, 2.24) is 10.2 Å². The van der Waals surface area contributed by atoms with Gasteiger partial charge in [0.1, 0.15) is 0 Å². The topological polar surface area (TPSA) is 52.6 Å². The van der Waals surface area contributed by atoms with Gasteiger partial charge in [0.15, 0.2) is 0 Å². The predicted molar refractivity (Wildman–Crippen MR) is 70.3 cm³/mol. The van der Waals surface area contributed by atoms with Crippen LogP contribution >= 0.6 is 11.6 Å². The first-order valence-corrected chi connectivity index (χ1v) is 6.35. The molecule has 98 valence electrons. The molecule has 2 rings (SSSR count). The molecule has 1 heterocycles. The summed E-state index contributed by atoms with van der Waals surface area (Å²) < 4.78 is 0. The Morgan fingerprint density at radius 1 is 1.61 bits per heavy atom. The largest absolute Gasteiger partial charge is 0.392 e. The molecule has 1 fully saturated rings. The number of benzene rings is 1. The van der Waals surface area contributed by atoms with Gasteiger partial charge in [-0.25, -0.2) is 0 Å². The molecule has 0 bridgehead atoms. The summed E-state index contributed by atoms with van der Waals surface area (Å²) in [6.07, 6.45) is 0.0668. The van der Waals surface area contributed by atoms with Crippen molar-refractivity contribution in [2.75, 3.05) is 13.6 Å². The van der Waals surface area contributed by atoms with E-state index in [9.17, 15) is 9.90 Å². The number of aliphatic hydroxyl groups excluding tert-OH is 1. The third-order valence-corrected chi connectivity index (χ3v) is 3.33. The Morgan fingerprint density at radius 2 is 2.39 bits per heavy atom. The van der Waals surface area contributed by atoms with Crippen LogP contribution < -0.4 is 5.32 Å². The number of carbonyl (C=O) groups is 1. The SMILES string of the molecule is CN(Cc1cccc(Cl)c1)C(=O)C1CC(O)CN1. The van der Waals surface area contributed by atoms with Crippen molar-refractivity contribution < 1.29 is 9.90 Å². The maximum Gasteiger partial charge on any atom is 0.239 e. The van der Waals surface area contributed by atoms with Gasteiger partial charge in [-0.15, -0.1) is 0 Å². The Kier molecular flexibility index (Phi) is 4.22. The number of likely N-dealkylation sites (N-methyl/N-ethyl adjacent to an activating group) is 1. The van der Waals surface area contributed by atoms with Crippen LogP contribution in [-0.4, -0.2) is 41.7 Å². The van der Waals surface area contributed by atoms with Gasteiger partial charge in [0.05, 0.1) is 12.1 Å². The molecule has 1 aliphatic heterocycles. The van der Waals surface area contributed by atoms with Crippen molar-refractivity contribution in [1.29, 1.82) is 0 Å². The van der Waals surface area contributed by atoms with Crippen LogP contribution in [0.1, 0.15) is 12.0 Å². The molecule has 5 heteroatoms. The normalized spacial score (nSPS) is 23.1. The van der Waals surface area contributed by atoms with Crippen LogP contribution in [0.5, 0.6) is 0 Å². The number of hydrogen-bond donors (Lipinski definition) is 2. The molecule has 2 atom stereocenters. The average Bonchev–Trinajstić information content (AvgIpc) is 2.75. The number of nitrogens with one attached hydrogen (secondary N) is 1. The molecular weight excluding hydrogens is 252 g/mol. The van der Waals surface area contributed by atoms with Gasteiger partial charge in [-0.3, -0.25) is 4.79 Å². The summed E-state index contributed by atoms with van der Waals surface area (Å²) in [7, 11) is 1.76. The van der Waals surface area contributed by atoms with Gasteiger partial charge in [-0.2, -0.15) is 0 Å². The molecule has 0 spiro atoms. The fourth-order valence-electron chi connectivity index (χ4n) is 2.16. The van der Waals surface area contributed by atoms with Crippen molar-refractivity contribution in [2.45, 2.75) is 25.1 Å². The first-order chi connectivity index (χ1) is 8.56. The van der Waals surface area contributed by atoms with E-state index in [0.717, 1.165) is 5.56 Å². The van der Waals surface area contributed by atoms with E-state index < -0.39 is 6.10 Å². The first-order valence-electron chi connectivity index (χ1n) is 5.97. The van der Waals surface area contributed by atoms with E-state index in [-0.39, 0.29) is 11.9 Å². The number of amides is 1. The van der Waals surface area contributed by atoms with Crippen LogP contribution in [0.3, 0.4) is 0 Å². The zero-order valence-electron chi connectivity index (χ0n) is 10.3. The lowest BCUT2D eigenvalue weighted by molar-refractivity contribution is -0.132. The number of β-amino-alcohol motifs (C(OH)–C–C–N with tert-alkyl or cyclic N) is 1. The van der Waals surface area contributed by atoms with Crippen LogP contribution in [0.4, 0.5) is 0 Å². The van der Waals surface area contributed by atoms with E-state index in [0.29, 0.717) is 24.5 Å². The highest BCUT2D eigenvalue weighted by Crippen LogP contribution is 2.14. The first kappa shape index (κ1) is 13.3. The van der Waals surface area contributed by atoms with Crippen LogP contribution in [0.2, 0.25) is 5.02 Å². The number of rotatable bonds is 3.